The monoisotopic (exact) mass is 456 g/mol. The SMILES string of the molecule is Cc1ccc(S(=O)(=O)c2c(N)n([C@@H](C)c3ccccc3)c3nc4ccccc4nc23)cc1C. The van der Waals surface area contributed by atoms with Crippen molar-refractivity contribution in [3.63, 3.8) is 0 Å². The molecule has 0 aliphatic rings. The Labute approximate surface area is 192 Å². The van der Waals surface area contributed by atoms with Gasteiger partial charge in [-0.1, -0.05) is 48.5 Å². The van der Waals surface area contributed by atoms with Gasteiger partial charge < -0.3 is 10.3 Å². The topological polar surface area (TPSA) is 90.9 Å². The molecule has 2 heterocycles. The van der Waals surface area contributed by atoms with Crippen LogP contribution in [0.25, 0.3) is 22.2 Å². The van der Waals surface area contributed by atoms with Crippen LogP contribution in [0.5, 0.6) is 0 Å². The Balaban J connectivity index is 1.86. The minimum Gasteiger partial charge on any atom is -0.384 e. The van der Waals surface area contributed by atoms with Crippen LogP contribution in [0.15, 0.2) is 82.6 Å². The maximum Gasteiger partial charge on any atom is 0.212 e. The minimum absolute atomic E-state index is 0.00165. The van der Waals surface area contributed by atoms with Gasteiger partial charge in [-0.25, -0.2) is 18.4 Å². The summed E-state index contributed by atoms with van der Waals surface area (Å²) in [6, 6.07) is 22.1. The molecule has 0 unspecified atom stereocenters. The average Bonchev–Trinajstić information content (AvgIpc) is 3.10. The number of fused-ring (bicyclic) bond motifs is 2. The first-order valence-corrected chi connectivity index (χ1v) is 12.2. The zero-order valence-electron chi connectivity index (χ0n) is 18.6. The molecule has 166 valence electrons. The van der Waals surface area contributed by atoms with Gasteiger partial charge in [-0.15, -0.1) is 0 Å². The molecule has 5 rings (SSSR count). The summed E-state index contributed by atoms with van der Waals surface area (Å²) in [4.78, 5) is 9.72. The van der Waals surface area contributed by atoms with Crippen LogP contribution >= 0.6 is 0 Å². The number of nitrogen functional groups attached to an aromatic ring is 1. The van der Waals surface area contributed by atoms with E-state index in [1.165, 1.54) is 0 Å². The third kappa shape index (κ3) is 3.36. The number of hydrogen-bond acceptors (Lipinski definition) is 5. The first-order chi connectivity index (χ1) is 15.8. The fraction of sp³-hybridized carbons (Fsp3) is 0.154. The van der Waals surface area contributed by atoms with Gasteiger partial charge in [0.25, 0.3) is 0 Å². The summed E-state index contributed by atoms with van der Waals surface area (Å²) in [6.07, 6.45) is 0. The molecule has 6 nitrogen and oxygen atoms in total. The predicted octanol–water partition coefficient (Wildman–Crippen LogP) is 5.23. The van der Waals surface area contributed by atoms with Gasteiger partial charge in [0.1, 0.15) is 16.2 Å². The number of benzene rings is 3. The van der Waals surface area contributed by atoms with Crippen LogP contribution in [-0.4, -0.2) is 23.0 Å². The van der Waals surface area contributed by atoms with E-state index < -0.39 is 9.84 Å². The lowest BCUT2D eigenvalue weighted by atomic mass is 10.1. The van der Waals surface area contributed by atoms with Gasteiger partial charge in [-0.3, -0.25) is 0 Å². The van der Waals surface area contributed by atoms with E-state index in [0.29, 0.717) is 16.7 Å². The van der Waals surface area contributed by atoms with E-state index in [1.54, 1.807) is 16.7 Å². The zero-order valence-corrected chi connectivity index (χ0v) is 19.5. The molecule has 0 fully saturated rings. The number of para-hydroxylation sites is 2. The van der Waals surface area contributed by atoms with Crippen molar-refractivity contribution in [2.75, 3.05) is 5.73 Å². The maximum absolute atomic E-state index is 13.9. The van der Waals surface area contributed by atoms with Crippen molar-refractivity contribution >= 4 is 37.9 Å². The van der Waals surface area contributed by atoms with E-state index >= 15 is 0 Å². The lowest BCUT2D eigenvalue weighted by Crippen LogP contribution is -2.12. The highest BCUT2D eigenvalue weighted by Crippen LogP contribution is 2.38. The Morgan fingerprint density at radius 2 is 1.48 bits per heavy atom. The lowest BCUT2D eigenvalue weighted by molar-refractivity contribution is 0.596. The summed E-state index contributed by atoms with van der Waals surface area (Å²) in [6.45, 7) is 5.82. The molecule has 2 aromatic heterocycles. The summed E-state index contributed by atoms with van der Waals surface area (Å²) in [5.74, 6) is 0.134. The van der Waals surface area contributed by atoms with Gasteiger partial charge in [0, 0.05) is 0 Å². The summed E-state index contributed by atoms with van der Waals surface area (Å²) < 4.78 is 29.5. The molecule has 0 saturated carbocycles. The van der Waals surface area contributed by atoms with Crippen LogP contribution in [0.4, 0.5) is 5.82 Å². The molecule has 0 aliphatic heterocycles. The summed E-state index contributed by atoms with van der Waals surface area (Å²) >= 11 is 0. The van der Waals surface area contributed by atoms with E-state index in [4.69, 9.17) is 15.7 Å². The van der Waals surface area contributed by atoms with Crippen LogP contribution in [0.3, 0.4) is 0 Å². The molecule has 2 N–H and O–H groups in total. The number of hydrogen-bond donors (Lipinski definition) is 1. The molecular formula is C26H24N4O2S. The number of rotatable bonds is 4. The summed E-state index contributed by atoms with van der Waals surface area (Å²) in [5.41, 5.74) is 11.6. The zero-order chi connectivity index (χ0) is 23.3. The highest BCUT2D eigenvalue weighted by Gasteiger charge is 2.32. The molecular weight excluding hydrogens is 432 g/mol. The van der Waals surface area contributed by atoms with E-state index in [0.717, 1.165) is 16.7 Å². The van der Waals surface area contributed by atoms with Crippen LogP contribution in [0, 0.1) is 13.8 Å². The molecule has 33 heavy (non-hydrogen) atoms. The number of nitrogens with zero attached hydrogens (tertiary/aromatic N) is 3. The normalized spacial score (nSPS) is 12.9. The molecule has 5 aromatic rings. The Hall–Kier alpha value is -3.71. The van der Waals surface area contributed by atoms with Crippen molar-refractivity contribution in [2.45, 2.75) is 36.6 Å². The Morgan fingerprint density at radius 1 is 0.848 bits per heavy atom. The molecule has 1 atom stereocenters. The van der Waals surface area contributed by atoms with Crippen LogP contribution in [0.2, 0.25) is 0 Å². The summed E-state index contributed by atoms with van der Waals surface area (Å²) in [7, 11) is -3.95. The van der Waals surface area contributed by atoms with Crippen molar-refractivity contribution in [2.24, 2.45) is 0 Å². The molecule has 0 spiro atoms. The van der Waals surface area contributed by atoms with Crippen LogP contribution in [-0.2, 0) is 9.84 Å². The first-order valence-electron chi connectivity index (χ1n) is 10.7. The maximum atomic E-state index is 13.9. The van der Waals surface area contributed by atoms with Crippen molar-refractivity contribution in [3.05, 3.63) is 89.5 Å². The molecule has 0 radical (unpaired) electrons. The number of nitrogens with two attached hydrogens (primary N) is 1. The highest BCUT2D eigenvalue weighted by atomic mass is 32.2. The molecule has 0 saturated heterocycles. The molecule has 3 aromatic carbocycles. The minimum atomic E-state index is -3.95. The first kappa shape index (κ1) is 21.2. The lowest BCUT2D eigenvalue weighted by Gasteiger charge is -2.17. The Morgan fingerprint density at radius 3 is 2.15 bits per heavy atom. The smallest absolute Gasteiger partial charge is 0.212 e. The van der Waals surface area contributed by atoms with Crippen molar-refractivity contribution in [3.8, 4) is 0 Å². The van der Waals surface area contributed by atoms with Gasteiger partial charge in [-0.2, -0.15) is 0 Å². The molecule has 0 aliphatic carbocycles. The number of aryl methyl sites for hydroxylation is 2. The number of aromatic nitrogens is 3. The Kier molecular flexibility index (Phi) is 4.94. The van der Waals surface area contributed by atoms with Gasteiger partial charge >= 0.3 is 0 Å². The van der Waals surface area contributed by atoms with Crippen molar-refractivity contribution < 1.29 is 8.42 Å². The van der Waals surface area contributed by atoms with Crippen LogP contribution in [0.1, 0.15) is 29.7 Å². The van der Waals surface area contributed by atoms with Crippen LogP contribution < -0.4 is 5.73 Å². The van der Waals surface area contributed by atoms with Gasteiger partial charge in [0.15, 0.2) is 5.65 Å². The average molecular weight is 457 g/mol. The fourth-order valence-corrected chi connectivity index (χ4v) is 5.77. The summed E-state index contributed by atoms with van der Waals surface area (Å²) in [5, 5.41) is 0. The van der Waals surface area contributed by atoms with Gasteiger partial charge in [-0.05, 0) is 61.7 Å². The largest absolute Gasteiger partial charge is 0.384 e. The van der Waals surface area contributed by atoms with E-state index in [1.807, 2.05) is 81.4 Å². The van der Waals surface area contributed by atoms with E-state index in [9.17, 15) is 8.42 Å². The van der Waals surface area contributed by atoms with Crippen molar-refractivity contribution in [1.82, 2.24) is 14.5 Å². The van der Waals surface area contributed by atoms with Crippen molar-refractivity contribution in [1.29, 1.82) is 0 Å². The second-order valence-electron chi connectivity index (χ2n) is 8.31. The van der Waals surface area contributed by atoms with E-state index in [-0.39, 0.29) is 27.2 Å². The molecule has 0 bridgehead atoms. The third-order valence-corrected chi connectivity index (χ3v) is 8.03. The highest BCUT2D eigenvalue weighted by molar-refractivity contribution is 7.92. The second-order valence-corrected chi connectivity index (χ2v) is 10.2. The standard InChI is InChI=1S/C26H24N4O2S/c1-16-13-14-20(15-17(16)2)33(31,32)24-23-26(29-22-12-8-7-11-21(22)28-23)30(25(24)27)18(3)19-9-5-4-6-10-19/h4-15,18H,27H2,1-3H3/t18-/m0/s1. The Bertz CT molecular complexity index is 1620. The molecule has 0 amide bonds. The van der Waals surface area contributed by atoms with E-state index in [2.05, 4.69) is 0 Å². The van der Waals surface area contributed by atoms with Gasteiger partial charge in [0.2, 0.25) is 9.84 Å². The second kappa shape index (κ2) is 7.71. The fourth-order valence-electron chi connectivity index (χ4n) is 4.19. The van der Waals surface area contributed by atoms with Gasteiger partial charge in [0.05, 0.1) is 22.0 Å². The quantitative estimate of drug-likeness (QED) is 0.400. The molecule has 7 heteroatoms. The predicted molar refractivity (Wildman–Crippen MR) is 131 cm³/mol. The third-order valence-electron chi connectivity index (χ3n) is 6.21. The number of anilines is 1. The number of sulfone groups is 1.